The van der Waals surface area contributed by atoms with Crippen molar-refractivity contribution in [1.29, 1.82) is 0 Å². The van der Waals surface area contributed by atoms with Crippen LogP contribution in [-0.2, 0) is 24.9 Å². The van der Waals surface area contributed by atoms with Gasteiger partial charge in [0.2, 0.25) is 0 Å². The second-order valence-corrected chi connectivity index (χ2v) is 11.9. The molecule has 4 heterocycles. The zero-order chi connectivity index (χ0) is 32.3. The maximum atomic E-state index is 16.6. The minimum Gasteiger partial charge on any atom is -0.378 e. The predicted octanol–water partition coefficient (Wildman–Crippen LogP) is 7.41. The summed E-state index contributed by atoms with van der Waals surface area (Å²) in [7, 11) is 1.90. The highest BCUT2D eigenvalue weighted by molar-refractivity contribution is 6.11. The summed E-state index contributed by atoms with van der Waals surface area (Å²) >= 11 is 0. The number of anilines is 2. The molecule has 47 heavy (non-hydrogen) atoms. The predicted molar refractivity (Wildman–Crippen MR) is 184 cm³/mol. The van der Waals surface area contributed by atoms with Gasteiger partial charge in [-0.15, -0.1) is 0 Å². The van der Waals surface area contributed by atoms with Crippen LogP contribution < -0.4 is 9.80 Å². The lowest BCUT2D eigenvalue weighted by Crippen LogP contribution is -2.36. The first-order valence-electron chi connectivity index (χ1n) is 16.0. The minimum atomic E-state index is -0.373. The first-order chi connectivity index (χ1) is 23.0. The van der Waals surface area contributed by atoms with Crippen molar-refractivity contribution >= 4 is 28.2 Å². The average Bonchev–Trinajstić information content (AvgIpc) is 3.75. The van der Waals surface area contributed by atoms with Gasteiger partial charge in [-0.3, -0.25) is 4.79 Å². The molecule has 1 aliphatic rings. The van der Waals surface area contributed by atoms with Gasteiger partial charge in [-0.1, -0.05) is 67.6 Å². The van der Waals surface area contributed by atoms with E-state index in [4.69, 9.17) is 9.72 Å². The van der Waals surface area contributed by atoms with E-state index in [1.807, 2.05) is 73.3 Å². The van der Waals surface area contributed by atoms with Gasteiger partial charge in [0.15, 0.2) is 11.6 Å². The Morgan fingerprint density at radius 1 is 0.957 bits per heavy atom. The first kappa shape index (κ1) is 30.4. The number of aromatic amines is 1. The van der Waals surface area contributed by atoms with Crippen LogP contribution in [0.2, 0.25) is 0 Å². The van der Waals surface area contributed by atoms with Gasteiger partial charge in [0.05, 0.1) is 30.0 Å². The number of pyridine rings is 1. The van der Waals surface area contributed by atoms with Crippen LogP contribution in [0.4, 0.5) is 15.9 Å². The van der Waals surface area contributed by atoms with E-state index < -0.39 is 0 Å². The van der Waals surface area contributed by atoms with E-state index >= 15 is 4.39 Å². The Balaban J connectivity index is 1.42. The molecule has 6 aromatic rings. The number of H-pyrrole nitrogens is 1. The number of aryl methyl sites for hydroxylation is 1. The molecule has 9 heteroatoms. The fourth-order valence-corrected chi connectivity index (χ4v) is 6.39. The number of aromatic nitrogens is 4. The number of carbonyl (C=O) groups is 1. The first-order valence-corrected chi connectivity index (χ1v) is 16.0. The number of halogens is 1. The van der Waals surface area contributed by atoms with Gasteiger partial charge in [0, 0.05) is 80.4 Å². The second-order valence-electron chi connectivity index (χ2n) is 11.9. The second kappa shape index (κ2) is 13.2. The van der Waals surface area contributed by atoms with Gasteiger partial charge < -0.3 is 24.1 Å². The molecule has 1 fully saturated rings. The Kier molecular flexibility index (Phi) is 8.54. The number of morpholine rings is 1. The summed E-state index contributed by atoms with van der Waals surface area (Å²) in [5.41, 5.74) is 5.95. The SMILES string of the molecule is CCC(=O)c1cnc(N(Cc2ccccc2)Cc2ccccc2)c2[nH]c(-c3c(F)cc(-c4nccn4C)cc3N3CCOCC3)cc12. The number of rotatable bonds is 10. The summed E-state index contributed by atoms with van der Waals surface area (Å²) in [6.07, 6.45) is 5.57. The van der Waals surface area contributed by atoms with Crippen LogP contribution in [0, 0.1) is 5.82 Å². The number of hydrogen-bond acceptors (Lipinski definition) is 6. The Morgan fingerprint density at radius 2 is 1.64 bits per heavy atom. The smallest absolute Gasteiger partial charge is 0.164 e. The third-order valence-electron chi connectivity index (χ3n) is 8.77. The van der Waals surface area contributed by atoms with E-state index in [1.165, 1.54) is 0 Å². The summed E-state index contributed by atoms with van der Waals surface area (Å²) in [5, 5.41) is 0.725. The van der Waals surface area contributed by atoms with Crippen molar-refractivity contribution in [2.24, 2.45) is 7.05 Å². The quantitative estimate of drug-likeness (QED) is 0.159. The van der Waals surface area contributed by atoms with Gasteiger partial charge in [0.1, 0.15) is 11.6 Å². The van der Waals surface area contributed by atoms with Gasteiger partial charge >= 0.3 is 0 Å². The Morgan fingerprint density at radius 3 is 2.26 bits per heavy atom. The summed E-state index contributed by atoms with van der Waals surface area (Å²) in [4.78, 5) is 30.6. The summed E-state index contributed by atoms with van der Waals surface area (Å²) < 4.78 is 24.1. The fourth-order valence-electron chi connectivity index (χ4n) is 6.39. The van der Waals surface area contributed by atoms with Crippen molar-refractivity contribution in [3.63, 3.8) is 0 Å². The van der Waals surface area contributed by atoms with Crippen LogP contribution in [0.1, 0.15) is 34.8 Å². The molecule has 0 spiro atoms. The molecule has 1 saturated heterocycles. The molecule has 0 radical (unpaired) electrons. The van der Waals surface area contributed by atoms with Gasteiger partial charge in [-0.25, -0.2) is 14.4 Å². The highest BCUT2D eigenvalue weighted by Gasteiger charge is 2.26. The van der Waals surface area contributed by atoms with Crippen LogP contribution in [0.3, 0.4) is 0 Å². The van der Waals surface area contributed by atoms with E-state index in [1.54, 1.807) is 18.5 Å². The lowest BCUT2D eigenvalue weighted by molar-refractivity contribution is 0.0989. The maximum Gasteiger partial charge on any atom is 0.164 e. The molecule has 1 N–H and O–H groups in total. The Bertz CT molecular complexity index is 1970. The molecule has 0 amide bonds. The van der Waals surface area contributed by atoms with Crippen molar-refractivity contribution in [2.45, 2.75) is 26.4 Å². The topological polar surface area (TPSA) is 79.3 Å². The maximum absolute atomic E-state index is 16.6. The molecule has 3 aromatic carbocycles. The standard InChI is InChI=1S/C38H37FN6O2/c1-3-34(46)30-23-41-38(45(24-26-10-6-4-7-11-26)25-27-12-8-5-9-13-27)36-29(30)22-32(42-36)35-31(39)20-28(37-40-14-15-43(37)2)21-33(35)44-16-18-47-19-17-44/h4-15,20-23,42H,3,16-19,24-25H2,1-2H3. The van der Waals surface area contributed by atoms with E-state index in [9.17, 15) is 4.79 Å². The van der Waals surface area contributed by atoms with Crippen molar-refractivity contribution in [3.05, 3.63) is 120 Å². The van der Waals surface area contributed by atoms with E-state index in [0.717, 1.165) is 22.2 Å². The van der Waals surface area contributed by atoms with Crippen LogP contribution in [-0.4, -0.2) is 51.6 Å². The molecule has 3 aromatic heterocycles. The molecular weight excluding hydrogens is 591 g/mol. The zero-order valence-electron chi connectivity index (χ0n) is 26.6. The van der Waals surface area contributed by atoms with Crippen LogP contribution in [0.5, 0.6) is 0 Å². The number of fused-ring (bicyclic) bond motifs is 1. The number of carbonyl (C=O) groups excluding carboxylic acids is 1. The van der Waals surface area contributed by atoms with Crippen LogP contribution in [0.15, 0.2) is 97.5 Å². The summed E-state index contributed by atoms with van der Waals surface area (Å²) in [6, 6.07) is 26.0. The number of nitrogens with one attached hydrogen (secondary N) is 1. The van der Waals surface area contributed by atoms with E-state index in [-0.39, 0.29) is 11.6 Å². The van der Waals surface area contributed by atoms with Crippen molar-refractivity contribution in [3.8, 4) is 22.6 Å². The highest BCUT2D eigenvalue weighted by atomic mass is 19.1. The molecule has 0 bridgehead atoms. The van der Waals surface area contributed by atoms with Crippen LogP contribution in [0.25, 0.3) is 33.5 Å². The lowest BCUT2D eigenvalue weighted by atomic mass is 10.0. The van der Waals surface area contributed by atoms with E-state index in [0.29, 0.717) is 85.4 Å². The monoisotopic (exact) mass is 628 g/mol. The molecule has 1 aliphatic heterocycles. The summed E-state index contributed by atoms with van der Waals surface area (Å²) in [5.74, 6) is 0.990. The van der Waals surface area contributed by atoms with Gasteiger partial charge in [-0.05, 0) is 29.3 Å². The molecular formula is C38H37FN6O2. The molecule has 0 unspecified atom stereocenters. The average molecular weight is 629 g/mol. The number of imidazole rings is 1. The molecule has 7 rings (SSSR count). The number of benzene rings is 3. The molecule has 8 nitrogen and oxygen atoms in total. The number of Topliss-reactive ketones (excluding diaryl/α,β-unsaturated/α-hetero) is 1. The zero-order valence-corrected chi connectivity index (χ0v) is 26.6. The van der Waals surface area contributed by atoms with Crippen molar-refractivity contribution in [2.75, 3.05) is 36.1 Å². The van der Waals surface area contributed by atoms with Crippen molar-refractivity contribution in [1.82, 2.24) is 19.5 Å². The number of ketones is 1. The number of nitrogens with zero attached hydrogens (tertiary/aromatic N) is 5. The number of ether oxygens (including phenoxy) is 1. The Hall–Kier alpha value is -5.28. The fraction of sp³-hybridized carbons (Fsp3) is 0.237. The largest absolute Gasteiger partial charge is 0.378 e. The molecule has 0 saturated carbocycles. The summed E-state index contributed by atoms with van der Waals surface area (Å²) in [6.45, 7) is 5.41. The molecule has 0 aliphatic carbocycles. The van der Waals surface area contributed by atoms with E-state index in [2.05, 4.69) is 44.0 Å². The van der Waals surface area contributed by atoms with Gasteiger partial charge in [-0.2, -0.15) is 0 Å². The molecule has 0 atom stereocenters. The molecule has 238 valence electrons. The third kappa shape index (κ3) is 6.14. The van der Waals surface area contributed by atoms with Gasteiger partial charge in [0.25, 0.3) is 0 Å². The minimum absolute atomic E-state index is 0.0173. The number of hydrogen-bond donors (Lipinski definition) is 1. The van der Waals surface area contributed by atoms with Crippen molar-refractivity contribution < 1.29 is 13.9 Å². The Labute approximate surface area is 273 Å². The lowest BCUT2D eigenvalue weighted by Gasteiger charge is -2.31. The normalized spacial score (nSPS) is 13.3. The van der Waals surface area contributed by atoms with Crippen LogP contribution >= 0.6 is 0 Å². The third-order valence-corrected chi connectivity index (χ3v) is 8.77. The highest BCUT2D eigenvalue weighted by Crippen LogP contribution is 2.40.